The molecule has 0 aliphatic heterocycles. The van der Waals surface area contributed by atoms with Gasteiger partial charge in [-0.25, -0.2) is 0 Å². The van der Waals surface area contributed by atoms with Gasteiger partial charge in [0, 0.05) is 5.56 Å². The van der Waals surface area contributed by atoms with Gasteiger partial charge in [0.2, 0.25) is 0 Å². The van der Waals surface area contributed by atoms with E-state index in [1.165, 1.54) is 60.1 Å². The van der Waals surface area contributed by atoms with Crippen LogP contribution in [-0.2, 0) is 0 Å². The zero-order valence-electron chi connectivity index (χ0n) is 25.6. The Balaban J connectivity index is 0.000000209. The number of hydrogen-bond acceptors (Lipinski definition) is 1. The molecule has 0 spiro atoms. The van der Waals surface area contributed by atoms with Crippen LogP contribution in [0, 0.1) is 6.92 Å². The molecular weight excluding hydrogens is 544 g/mol. The molecule has 8 aromatic carbocycles. The van der Waals surface area contributed by atoms with Gasteiger partial charge < -0.3 is 4.74 Å². The molecule has 45 heavy (non-hydrogen) atoms. The summed E-state index contributed by atoms with van der Waals surface area (Å²) in [4.78, 5) is 0. The van der Waals surface area contributed by atoms with Crippen molar-refractivity contribution >= 4 is 32.3 Å². The minimum absolute atomic E-state index is 0.889. The first kappa shape index (κ1) is 28.1. The largest absolute Gasteiger partial charge is 0.496 e. The summed E-state index contributed by atoms with van der Waals surface area (Å²) in [5, 5.41) is 7.79. The second-order valence-corrected chi connectivity index (χ2v) is 11.4. The van der Waals surface area contributed by atoms with Gasteiger partial charge in [-0.15, -0.1) is 0 Å². The topological polar surface area (TPSA) is 9.23 Å². The van der Waals surface area contributed by atoms with Crippen LogP contribution in [0.25, 0.3) is 65.7 Å². The number of methoxy groups -OCH3 is 1. The van der Waals surface area contributed by atoms with E-state index >= 15 is 0 Å². The molecule has 0 N–H and O–H groups in total. The van der Waals surface area contributed by atoms with Gasteiger partial charge in [-0.1, -0.05) is 157 Å². The fourth-order valence-electron chi connectivity index (χ4n) is 6.21. The van der Waals surface area contributed by atoms with Gasteiger partial charge in [-0.2, -0.15) is 0 Å². The van der Waals surface area contributed by atoms with Crippen LogP contribution >= 0.6 is 0 Å². The molecule has 0 radical (unpaired) electrons. The summed E-state index contributed by atoms with van der Waals surface area (Å²) in [6, 6.07) is 60.2. The number of fused-ring (bicyclic) bond motifs is 6. The maximum atomic E-state index is 5.59. The summed E-state index contributed by atoms with van der Waals surface area (Å²) in [5.74, 6) is 0.889. The lowest BCUT2D eigenvalue weighted by Crippen LogP contribution is -1.88. The summed E-state index contributed by atoms with van der Waals surface area (Å²) in [7, 11) is 1.72. The Labute approximate surface area is 265 Å². The Kier molecular flexibility index (Phi) is 7.83. The van der Waals surface area contributed by atoms with E-state index in [0.29, 0.717) is 0 Å². The summed E-state index contributed by atoms with van der Waals surface area (Å²) >= 11 is 0. The minimum atomic E-state index is 0.889. The van der Waals surface area contributed by atoms with Crippen molar-refractivity contribution in [1.29, 1.82) is 0 Å². The molecular formula is C44H34O. The summed E-state index contributed by atoms with van der Waals surface area (Å²) in [5.41, 5.74) is 8.55. The zero-order valence-corrected chi connectivity index (χ0v) is 25.6. The fourth-order valence-corrected chi connectivity index (χ4v) is 6.21. The smallest absolute Gasteiger partial charge is 0.126 e. The molecule has 216 valence electrons. The molecule has 0 atom stereocenters. The van der Waals surface area contributed by atoms with Crippen LogP contribution < -0.4 is 4.74 Å². The third-order valence-electron chi connectivity index (χ3n) is 8.52. The zero-order chi connectivity index (χ0) is 30.6. The highest BCUT2D eigenvalue weighted by molar-refractivity contribution is 6.25. The molecule has 0 aliphatic rings. The number of aryl methyl sites for hydroxylation is 1. The molecule has 0 unspecified atom stereocenters. The van der Waals surface area contributed by atoms with Crippen LogP contribution in [0.3, 0.4) is 0 Å². The Morgan fingerprint density at radius 3 is 1.47 bits per heavy atom. The first-order chi connectivity index (χ1) is 22.2. The molecule has 0 aliphatic carbocycles. The van der Waals surface area contributed by atoms with Crippen molar-refractivity contribution in [2.75, 3.05) is 7.11 Å². The maximum Gasteiger partial charge on any atom is 0.126 e. The van der Waals surface area contributed by atoms with E-state index in [9.17, 15) is 0 Å². The predicted molar refractivity (Wildman–Crippen MR) is 193 cm³/mol. The number of ether oxygens (including phenoxy) is 1. The number of hydrogen-bond donors (Lipinski definition) is 0. The number of benzene rings is 8. The molecule has 8 aromatic rings. The molecule has 1 nitrogen and oxygen atoms in total. The van der Waals surface area contributed by atoms with E-state index in [1.807, 2.05) is 18.2 Å². The average molecular weight is 579 g/mol. The predicted octanol–water partition coefficient (Wildman–Crippen LogP) is 12.2. The standard InChI is InChI=1S/C31H22O.C13H12/c1-32-31-16-7-6-11-24(31)23-10-8-9-21(19-23)22-17-18-29-27-14-3-2-12-25(27)26-13-4-5-15-28(26)30(29)20-22;1-11-7-9-13(10-8-11)12-5-3-2-4-6-12/h2-20H,1H3;2-10H,1H3. The van der Waals surface area contributed by atoms with Gasteiger partial charge >= 0.3 is 0 Å². The van der Waals surface area contributed by atoms with Crippen molar-refractivity contribution in [3.05, 3.63) is 175 Å². The fraction of sp³-hybridized carbons (Fsp3) is 0.0455. The highest BCUT2D eigenvalue weighted by atomic mass is 16.5. The molecule has 0 aromatic heterocycles. The average Bonchev–Trinajstić information content (AvgIpc) is 3.12. The van der Waals surface area contributed by atoms with Gasteiger partial charge in [0.1, 0.15) is 5.75 Å². The van der Waals surface area contributed by atoms with E-state index in [0.717, 1.165) is 16.9 Å². The first-order valence-electron chi connectivity index (χ1n) is 15.4. The normalized spacial score (nSPS) is 10.9. The van der Waals surface area contributed by atoms with Crippen molar-refractivity contribution in [2.24, 2.45) is 0 Å². The van der Waals surface area contributed by atoms with Gasteiger partial charge in [0.15, 0.2) is 0 Å². The molecule has 0 heterocycles. The van der Waals surface area contributed by atoms with Crippen LogP contribution in [0.5, 0.6) is 5.75 Å². The lowest BCUT2D eigenvalue weighted by molar-refractivity contribution is 0.416. The number of para-hydroxylation sites is 1. The third-order valence-corrected chi connectivity index (χ3v) is 8.52. The Morgan fingerprint density at radius 2 is 0.800 bits per heavy atom. The quantitative estimate of drug-likeness (QED) is 0.189. The van der Waals surface area contributed by atoms with Crippen molar-refractivity contribution < 1.29 is 4.74 Å². The van der Waals surface area contributed by atoms with Crippen molar-refractivity contribution in [1.82, 2.24) is 0 Å². The Bertz CT molecular complexity index is 2210. The van der Waals surface area contributed by atoms with Crippen LogP contribution in [-0.4, -0.2) is 7.11 Å². The highest BCUT2D eigenvalue weighted by Crippen LogP contribution is 2.38. The van der Waals surface area contributed by atoms with E-state index in [4.69, 9.17) is 4.74 Å². The van der Waals surface area contributed by atoms with E-state index in [-0.39, 0.29) is 0 Å². The molecule has 0 fully saturated rings. The summed E-state index contributed by atoms with van der Waals surface area (Å²) < 4.78 is 5.59. The van der Waals surface area contributed by atoms with Gasteiger partial charge in [0.25, 0.3) is 0 Å². The van der Waals surface area contributed by atoms with E-state index in [1.54, 1.807) is 7.11 Å². The van der Waals surface area contributed by atoms with Crippen LogP contribution in [0.4, 0.5) is 0 Å². The molecule has 0 saturated carbocycles. The third kappa shape index (κ3) is 5.69. The molecule has 8 rings (SSSR count). The highest BCUT2D eigenvalue weighted by Gasteiger charge is 2.11. The SMILES string of the molecule is COc1ccccc1-c1cccc(-c2ccc3c4ccccc4c4ccccc4c3c2)c1.Cc1ccc(-c2ccccc2)cc1. The van der Waals surface area contributed by atoms with Crippen LogP contribution in [0.15, 0.2) is 170 Å². The lowest BCUT2D eigenvalue weighted by atomic mass is 9.91. The van der Waals surface area contributed by atoms with Crippen molar-refractivity contribution in [2.45, 2.75) is 6.92 Å². The van der Waals surface area contributed by atoms with Crippen molar-refractivity contribution in [3.63, 3.8) is 0 Å². The monoisotopic (exact) mass is 578 g/mol. The number of rotatable bonds is 4. The second-order valence-electron chi connectivity index (χ2n) is 11.4. The molecule has 0 saturated heterocycles. The van der Waals surface area contributed by atoms with Gasteiger partial charge in [0.05, 0.1) is 7.11 Å². The van der Waals surface area contributed by atoms with Gasteiger partial charge in [-0.3, -0.25) is 0 Å². The maximum absolute atomic E-state index is 5.59. The summed E-state index contributed by atoms with van der Waals surface area (Å²) in [6.07, 6.45) is 0. The first-order valence-corrected chi connectivity index (χ1v) is 15.4. The Morgan fingerprint density at radius 1 is 0.333 bits per heavy atom. The molecule has 1 heteroatoms. The molecule has 0 amide bonds. The summed E-state index contributed by atoms with van der Waals surface area (Å²) in [6.45, 7) is 2.11. The van der Waals surface area contributed by atoms with Crippen LogP contribution in [0.2, 0.25) is 0 Å². The van der Waals surface area contributed by atoms with Crippen molar-refractivity contribution in [3.8, 4) is 39.1 Å². The van der Waals surface area contributed by atoms with E-state index in [2.05, 4.69) is 159 Å². The minimum Gasteiger partial charge on any atom is -0.496 e. The second kappa shape index (κ2) is 12.5. The van der Waals surface area contributed by atoms with Gasteiger partial charge in [-0.05, 0) is 85.3 Å². The lowest BCUT2D eigenvalue weighted by Gasteiger charge is -2.13. The van der Waals surface area contributed by atoms with Crippen LogP contribution in [0.1, 0.15) is 5.56 Å². The Hall–Kier alpha value is -5.66. The molecule has 0 bridgehead atoms. The van der Waals surface area contributed by atoms with E-state index < -0.39 is 0 Å².